The van der Waals surface area contributed by atoms with Crippen LogP contribution in [0.25, 0.3) is 5.69 Å². The molecule has 1 aliphatic carbocycles. The Morgan fingerprint density at radius 2 is 1.94 bits per heavy atom. The third kappa shape index (κ3) is 7.92. The van der Waals surface area contributed by atoms with Gasteiger partial charge < -0.3 is 16.2 Å². The summed E-state index contributed by atoms with van der Waals surface area (Å²) in [5, 5.41) is 11.0. The molecule has 0 unspecified atom stereocenters. The Labute approximate surface area is 193 Å². The van der Waals surface area contributed by atoms with Gasteiger partial charge in [-0.05, 0) is 43.2 Å². The molecular formula is C22H23ClFN3O4S. The van der Waals surface area contributed by atoms with Crippen LogP contribution in [0.2, 0.25) is 4.34 Å². The van der Waals surface area contributed by atoms with Gasteiger partial charge in [-0.2, -0.15) is 0 Å². The number of pyridine rings is 1. The van der Waals surface area contributed by atoms with Crippen molar-refractivity contribution in [1.29, 1.82) is 0 Å². The summed E-state index contributed by atoms with van der Waals surface area (Å²) in [6.45, 7) is 0. The summed E-state index contributed by atoms with van der Waals surface area (Å²) in [6, 6.07) is 12.1. The van der Waals surface area contributed by atoms with Crippen LogP contribution in [0, 0.1) is 5.82 Å². The Balaban J connectivity index is 0.000000200. The van der Waals surface area contributed by atoms with E-state index in [4.69, 9.17) is 22.4 Å². The van der Waals surface area contributed by atoms with Crippen LogP contribution in [0.4, 0.5) is 10.1 Å². The second-order valence-electron chi connectivity index (χ2n) is 6.74. The van der Waals surface area contributed by atoms with E-state index in [1.807, 2.05) is 0 Å². The number of halogens is 2. The first-order chi connectivity index (χ1) is 15.3. The molecule has 1 saturated carbocycles. The fraction of sp³-hybridized carbons (Fsp3) is 0.227. The molecule has 1 aromatic carbocycles. The van der Waals surface area contributed by atoms with Crippen LogP contribution in [0.5, 0.6) is 0 Å². The smallest absolute Gasteiger partial charge is 0.258 e. The fourth-order valence-corrected chi connectivity index (χ4v) is 3.72. The number of aliphatic hydroxyl groups excluding tert-OH is 1. The molecule has 0 bridgehead atoms. The number of thiophene rings is 1. The van der Waals surface area contributed by atoms with Crippen molar-refractivity contribution in [2.45, 2.75) is 31.8 Å². The summed E-state index contributed by atoms with van der Waals surface area (Å²) in [7, 11) is 0. The summed E-state index contributed by atoms with van der Waals surface area (Å²) in [5.41, 5.74) is 5.18. The lowest BCUT2D eigenvalue weighted by Gasteiger charge is -2.07. The SMILES string of the molecule is NC(=O)c1ccc(Cl)s1.O=CNc1ccc(-n2ccccc2=O)cc1F.OC1CCCC1. The Morgan fingerprint density at radius 1 is 1.22 bits per heavy atom. The Morgan fingerprint density at radius 3 is 2.38 bits per heavy atom. The highest BCUT2D eigenvalue weighted by atomic mass is 35.5. The zero-order valence-corrected chi connectivity index (χ0v) is 18.6. The molecule has 0 aliphatic heterocycles. The van der Waals surface area contributed by atoms with Crippen molar-refractivity contribution in [3.63, 3.8) is 0 Å². The van der Waals surface area contributed by atoms with E-state index in [9.17, 15) is 18.8 Å². The normalized spacial score (nSPS) is 12.7. The molecule has 4 rings (SSSR count). The summed E-state index contributed by atoms with van der Waals surface area (Å²) >= 11 is 6.70. The van der Waals surface area contributed by atoms with Crippen LogP contribution in [0.3, 0.4) is 0 Å². The van der Waals surface area contributed by atoms with Crippen molar-refractivity contribution >= 4 is 40.9 Å². The lowest BCUT2D eigenvalue weighted by atomic mass is 10.2. The molecule has 170 valence electrons. The average molecular weight is 480 g/mol. The molecule has 2 heterocycles. The molecule has 3 aromatic rings. The number of nitrogens with zero attached hydrogens (tertiary/aromatic N) is 1. The molecule has 0 spiro atoms. The standard InChI is InChI=1S/C12H9FN2O2.C5H4ClNOS.C5H10O/c13-10-7-9(4-5-11(10)14-8-16)15-6-2-1-3-12(15)17;6-4-2-1-3(9-4)5(7)8;6-5-3-1-2-4-5/h1-8H,(H,14,16);1-2H,(H2,7,8);5-6H,1-4H2. The molecule has 7 nitrogen and oxygen atoms in total. The lowest BCUT2D eigenvalue weighted by molar-refractivity contribution is -0.105. The molecule has 0 atom stereocenters. The van der Waals surface area contributed by atoms with Gasteiger partial charge in [0.1, 0.15) is 5.82 Å². The average Bonchev–Trinajstić information content (AvgIpc) is 3.42. The maximum absolute atomic E-state index is 13.5. The molecule has 4 N–H and O–H groups in total. The van der Waals surface area contributed by atoms with Crippen molar-refractivity contribution in [2.24, 2.45) is 5.73 Å². The van der Waals surface area contributed by atoms with E-state index < -0.39 is 11.7 Å². The molecule has 2 aromatic heterocycles. The maximum atomic E-state index is 13.5. The van der Waals surface area contributed by atoms with Gasteiger partial charge in [-0.1, -0.05) is 30.5 Å². The number of rotatable bonds is 4. The van der Waals surface area contributed by atoms with Gasteiger partial charge in [0.25, 0.3) is 11.5 Å². The van der Waals surface area contributed by atoms with Crippen LogP contribution in [0.15, 0.2) is 59.5 Å². The monoisotopic (exact) mass is 479 g/mol. The molecular weight excluding hydrogens is 457 g/mol. The van der Waals surface area contributed by atoms with E-state index in [1.165, 1.54) is 46.9 Å². The summed E-state index contributed by atoms with van der Waals surface area (Å²) in [6.07, 6.45) is 6.55. The predicted molar refractivity (Wildman–Crippen MR) is 124 cm³/mol. The largest absolute Gasteiger partial charge is 0.393 e. The molecule has 1 aliphatic rings. The number of carbonyl (C=O) groups excluding carboxylic acids is 2. The third-order valence-corrected chi connectivity index (χ3v) is 5.65. The van der Waals surface area contributed by atoms with Crippen molar-refractivity contribution in [1.82, 2.24) is 4.57 Å². The summed E-state index contributed by atoms with van der Waals surface area (Å²) in [4.78, 5) is 32.6. The summed E-state index contributed by atoms with van der Waals surface area (Å²) < 4.78 is 15.4. The number of nitrogens with one attached hydrogen (secondary N) is 1. The number of nitrogens with two attached hydrogens (primary N) is 1. The number of carbonyl (C=O) groups is 2. The minimum Gasteiger partial charge on any atom is -0.393 e. The van der Waals surface area contributed by atoms with Gasteiger partial charge in [-0.15, -0.1) is 11.3 Å². The van der Waals surface area contributed by atoms with Gasteiger partial charge in [0, 0.05) is 18.3 Å². The van der Waals surface area contributed by atoms with Crippen molar-refractivity contribution in [2.75, 3.05) is 5.32 Å². The second-order valence-corrected chi connectivity index (χ2v) is 8.46. The van der Waals surface area contributed by atoms with Crippen LogP contribution in [0.1, 0.15) is 35.4 Å². The Hall–Kier alpha value is -3.01. The van der Waals surface area contributed by atoms with Crippen molar-refractivity contribution in [3.05, 3.63) is 80.1 Å². The minimum absolute atomic E-state index is 0.0463. The highest BCUT2D eigenvalue weighted by Gasteiger charge is 2.09. The number of amides is 2. The Kier molecular flexibility index (Phi) is 10.1. The lowest BCUT2D eigenvalue weighted by Crippen LogP contribution is -2.15. The van der Waals surface area contributed by atoms with Gasteiger partial charge in [0.05, 0.1) is 26.7 Å². The Bertz CT molecular complexity index is 1100. The third-order valence-electron chi connectivity index (χ3n) is 4.41. The molecule has 0 radical (unpaired) electrons. The number of hydrogen-bond donors (Lipinski definition) is 3. The van der Waals surface area contributed by atoms with Crippen LogP contribution in [-0.4, -0.2) is 28.1 Å². The molecule has 32 heavy (non-hydrogen) atoms. The first-order valence-electron chi connectivity index (χ1n) is 9.73. The minimum atomic E-state index is -0.592. The zero-order chi connectivity index (χ0) is 23.5. The molecule has 1 fully saturated rings. The van der Waals surface area contributed by atoms with E-state index in [-0.39, 0.29) is 17.4 Å². The fourth-order valence-electron chi connectivity index (χ4n) is 2.83. The highest BCUT2D eigenvalue weighted by Crippen LogP contribution is 2.20. The van der Waals surface area contributed by atoms with Gasteiger partial charge >= 0.3 is 0 Å². The number of anilines is 1. The van der Waals surface area contributed by atoms with E-state index in [1.54, 1.807) is 36.5 Å². The topological polar surface area (TPSA) is 114 Å². The zero-order valence-electron chi connectivity index (χ0n) is 17.0. The van der Waals surface area contributed by atoms with Gasteiger partial charge in [-0.3, -0.25) is 19.0 Å². The first kappa shape index (κ1) is 25.3. The number of benzene rings is 1. The van der Waals surface area contributed by atoms with Crippen LogP contribution < -0.4 is 16.6 Å². The number of aliphatic hydroxyl groups is 1. The van der Waals surface area contributed by atoms with Gasteiger partial charge in [0.2, 0.25) is 6.41 Å². The van der Waals surface area contributed by atoms with Crippen LogP contribution >= 0.6 is 22.9 Å². The first-order valence-corrected chi connectivity index (χ1v) is 10.9. The van der Waals surface area contributed by atoms with Crippen molar-refractivity contribution < 1.29 is 19.1 Å². The van der Waals surface area contributed by atoms with Gasteiger partial charge in [-0.25, -0.2) is 4.39 Å². The number of aromatic nitrogens is 1. The molecule has 10 heteroatoms. The van der Waals surface area contributed by atoms with E-state index in [0.717, 1.165) is 12.8 Å². The molecule has 2 amide bonds. The molecule has 0 saturated heterocycles. The van der Waals surface area contributed by atoms with E-state index in [2.05, 4.69) is 5.32 Å². The summed E-state index contributed by atoms with van der Waals surface area (Å²) in [5.74, 6) is -1.02. The predicted octanol–water partition coefficient (Wildman–Crippen LogP) is 3.97. The van der Waals surface area contributed by atoms with E-state index >= 15 is 0 Å². The van der Waals surface area contributed by atoms with Crippen LogP contribution in [-0.2, 0) is 4.79 Å². The van der Waals surface area contributed by atoms with E-state index in [0.29, 0.717) is 21.3 Å². The second kappa shape index (κ2) is 12.7. The maximum Gasteiger partial charge on any atom is 0.258 e. The highest BCUT2D eigenvalue weighted by molar-refractivity contribution is 7.17. The quantitative estimate of drug-likeness (QED) is 0.491. The van der Waals surface area contributed by atoms with Gasteiger partial charge in [0.15, 0.2) is 0 Å². The number of primary amides is 1. The number of hydrogen-bond acceptors (Lipinski definition) is 5. The van der Waals surface area contributed by atoms with Crippen molar-refractivity contribution in [3.8, 4) is 5.69 Å².